The Balaban J connectivity index is 1.60. The third-order valence-electron chi connectivity index (χ3n) is 6.34. The van der Waals surface area contributed by atoms with E-state index in [2.05, 4.69) is 32.0 Å². The molecule has 0 aromatic heterocycles. The number of ether oxygens (including phenoxy) is 1. The first-order valence-electron chi connectivity index (χ1n) is 10.1. The van der Waals surface area contributed by atoms with Gasteiger partial charge in [-0.1, -0.05) is 56.3 Å². The van der Waals surface area contributed by atoms with Crippen LogP contribution in [-0.4, -0.2) is 23.7 Å². The van der Waals surface area contributed by atoms with Crippen LogP contribution in [-0.2, 0) is 10.2 Å². The zero-order valence-electron chi connectivity index (χ0n) is 17.4. The molecule has 3 nitrogen and oxygen atoms in total. The van der Waals surface area contributed by atoms with Crippen molar-refractivity contribution in [2.75, 3.05) is 6.61 Å². The van der Waals surface area contributed by atoms with Crippen molar-refractivity contribution in [3.63, 3.8) is 0 Å². The van der Waals surface area contributed by atoms with Gasteiger partial charge in [0.25, 0.3) is 5.78 Å². The van der Waals surface area contributed by atoms with Gasteiger partial charge in [0.05, 0.1) is 11.1 Å². The molecule has 0 bridgehead atoms. The van der Waals surface area contributed by atoms with Gasteiger partial charge in [0.1, 0.15) is 18.1 Å². The van der Waals surface area contributed by atoms with E-state index in [0.717, 1.165) is 16.7 Å². The van der Waals surface area contributed by atoms with Crippen molar-refractivity contribution < 1.29 is 27.8 Å². The highest BCUT2D eigenvalue weighted by molar-refractivity contribution is 6.06. The summed E-state index contributed by atoms with van der Waals surface area (Å²) >= 11 is 0. The lowest BCUT2D eigenvalue weighted by Crippen LogP contribution is -2.29. The Kier molecular flexibility index (Phi) is 4.28. The molecule has 0 amide bonds. The van der Waals surface area contributed by atoms with Crippen LogP contribution in [0.5, 0.6) is 5.75 Å². The molecule has 1 heterocycles. The predicted molar refractivity (Wildman–Crippen MR) is 116 cm³/mol. The van der Waals surface area contributed by atoms with Crippen LogP contribution in [0.1, 0.15) is 30.5 Å². The quantitative estimate of drug-likeness (QED) is 0.502. The lowest BCUT2D eigenvalue weighted by Gasteiger charge is -2.23. The fourth-order valence-electron chi connectivity index (χ4n) is 4.63. The van der Waals surface area contributed by atoms with Crippen molar-refractivity contribution in [3.05, 3.63) is 82.9 Å². The number of hydrogen-bond donors (Lipinski definition) is 1. The van der Waals surface area contributed by atoms with Crippen LogP contribution in [0.2, 0.25) is 0 Å². The molecule has 0 unspecified atom stereocenters. The molecule has 3 aromatic rings. The molecule has 162 valence electrons. The van der Waals surface area contributed by atoms with Gasteiger partial charge >= 0.3 is 6.18 Å². The van der Waals surface area contributed by atoms with Crippen molar-refractivity contribution in [1.29, 1.82) is 0 Å². The highest BCUT2D eigenvalue weighted by atomic mass is 19.4. The number of rotatable bonds is 2. The predicted octanol–water partition coefficient (Wildman–Crippen LogP) is 6.45. The van der Waals surface area contributed by atoms with Crippen molar-refractivity contribution in [2.45, 2.75) is 25.4 Å². The van der Waals surface area contributed by atoms with Gasteiger partial charge in [0, 0.05) is 5.41 Å². The number of aliphatic hydroxyl groups excluding tert-OH is 1. The van der Waals surface area contributed by atoms with Gasteiger partial charge in [-0.2, -0.15) is 13.2 Å². The van der Waals surface area contributed by atoms with Crippen LogP contribution in [0.3, 0.4) is 0 Å². The summed E-state index contributed by atoms with van der Waals surface area (Å²) in [5.41, 5.74) is 5.37. The standard InChI is InChI=1S/C26H19F3O3/c1-25(2)20-6-4-3-5-16(20)17-9-7-15(12-21(17)25)14-8-10-22-18(11-14)23(30)19(13-32-22)24(31)26(27,28)29/h3-12,30H,13H2,1-2H3. The SMILES string of the molecule is CC1(C)c2ccccc2-c2ccc(-c3ccc4c(c3)C(O)=C(C(=O)C(F)(F)F)CO4)cc21. The summed E-state index contributed by atoms with van der Waals surface area (Å²) in [6.45, 7) is 3.69. The number of ketones is 1. The van der Waals surface area contributed by atoms with Gasteiger partial charge in [0.15, 0.2) is 0 Å². The maximum atomic E-state index is 12.9. The number of aliphatic hydroxyl groups is 1. The molecule has 0 radical (unpaired) electrons. The molecule has 2 aliphatic rings. The number of fused-ring (bicyclic) bond motifs is 4. The molecule has 3 aromatic carbocycles. The normalized spacial score (nSPS) is 16.2. The average Bonchev–Trinajstić information content (AvgIpc) is 3.00. The molecule has 1 N–H and O–H groups in total. The number of benzene rings is 3. The Labute approximate surface area is 182 Å². The van der Waals surface area contributed by atoms with Crippen LogP contribution in [0.25, 0.3) is 28.0 Å². The summed E-state index contributed by atoms with van der Waals surface area (Å²) in [6, 6.07) is 19.3. The maximum absolute atomic E-state index is 12.9. The topological polar surface area (TPSA) is 46.5 Å². The summed E-state index contributed by atoms with van der Waals surface area (Å²) in [4.78, 5) is 11.7. The number of alkyl halides is 3. The highest BCUT2D eigenvalue weighted by Gasteiger charge is 2.43. The van der Waals surface area contributed by atoms with Gasteiger partial charge in [-0.3, -0.25) is 4.79 Å². The average molecular weight is 436 g/mol. The molecule has 1 aliphatic heterocycles. The lowest BCUT2D eigenvalue weighted by atomic mass is 9.81. The summed E-state index contributed by atoms with van der Waals surface area (Å²) in [6.07, 6.45) is -5.08. The summed E-state index contributed by atoms with van der Waals surface area (Å²) in [5, 5.41) is 10.5. The largest absolute Gasteiger partial charge is 0.507 e. The third-order valence-corrected chi connectivity index (χ3v) is 6.34. The third kappa shape index (κ3) is 2.93. The van der Waals surface area contributed by atoms with E-state index in [-0.39, 0.29) is 16.7 Å². The molecule has 0 atom stereocenters. The zero-order valence-corrected chi connectivity index (χ0v) is 17.4. The summed E-state index contributed by atoms with van der Waals surface area (Å²) in [7, 11) is 0. The van der Waals surface area contributed by atoms with Crippen LogP contribution < -0.4 is 4.74 Å². The van der Waals surface area contributed by atoms with Crippen molar-refractivity contribution in [1.82, 2.24) is 0 Å². The molecule has 0 fully saturated rings. The van der Waals surface area contributed by atoms with Gasteiger partial charge in [-0.15, -0.1) is 0 Å². The van der Waals surface area contributed by atoms with Crippen molar-refractivity contribution in [3.8, 4) is 28.0 Å². The molecule has 1 aliphatic carbocycles. The molecule has 32 heavy (non-hydrogen) atoms. The molecule has 0 spiro atoms. The fourth-order valence-corrected chi connectivity index (χ4v) is 4.63. The van der Waals surface area contributed by atoms with E-state index in [0.29, 0.717) is 5.56 Å². The second-order valence-corrected chi connectivity index (χ2v) is 8.58. The number of Topliss-reactive ketones (excluding diaryl/α,β-unsaturated/α-hetero) is 1. The highest BCUT2D eigenvalue weighted by Crippen LogP contribution is 2.49. The molecule has 0 saturated carbocycles. The van der Waals surface area contributed by atoms with E-state index in [1.807, 2.05) is 24.3 Å². The second-order valence-electron chi connectivity index (χ2n) is 8.58. The molecule has 5 rings (SSSR count). The minimum atomic E-state index is -5.08. The van der Waals surface area contributed by atoms with Gasteiger partial charge < -0.3 is 9.84 Å². The summed E-state index contributed by atoms with van der Waals surface area (Å²) < 4.78 is 44.0. The van der Waals surface area contributed by atoms with E-state index in [1.54, 1.807) is 18.2 Å². The van der Waals surface area contributed by atoms with Crippen LogP contribution in [0.15, 0.2) is 66.2 Å². The van der Waals surface area contributed by atoms with E-state index in [9.17, 15) is 23.1 Å². The molecule has 6 heteroatoms. The number of carbonyl (C=O) groups is 1. The van der Waals surface area contributed by atoms with Crippen molar-refractivity contribution >= 4 is 11.5 Å². The van der Waals surface area contributed by atoms with E-state index in [4.69, 9.17) is 4.74 Å². The number of halogens is 3. The minimum absolute atomic E-state index is 0.0735. The van der Waals surface area contributed by atoms with Gasteiger partial charge in [-0.25, -0.2) is 0 Å². The van der Waals surface area contributed by atoms with Crippen LogP contribution in [0.4, 0.5) is 13.2 Å². The smallest absolute Gasteiger partial charge is 0.454 e. The molecular weight excluding hydrogens is 417 g/mol. The van der Waals surface area contributed by atoms with E-state index >= 15 is 0 Å². The first-order chi connectivity index (χ1) is 15.1. The van der Waals surface area contributed by atoms with E-state index < -0.39 is 29.9 Å². The minimum Gasteiger partial charge on any atom is -0.507 e. The Morgan fingerprint density at radius 2 is 1.56 bits per heavy atom. The maximum Gasteiger partial charge on any atom is 0.454 e. The molecular formula is C26H19F3O3. The van der Waals surface area contributed by atoms with Crippen molar-refractivity contribution in [2.24, 2.45) is 0 Å². The lowest BCUT2D eigenvalue weighted by molar-refractivity contribution is -0.167. The van der Waals surface area contributed by atoms with E-state index in [1.165, 1.54) is 11.1 Å². The Morgan fingerprint density at radius 3 is 2.31 bits per heavy atom. The van der Waals surface area contributed by atoms with Crippen LogP contribution in [0, 0.1) is 0 Å². The first-order valence-corrected chi connectivity index (χ1v) is 10.1. The first kappa shape index (κ1) is 20.4. The summed E-state index contributed by atoms with van der Waals surface area (Å²) in [5.74, 6) is -2.55. The monoisotopic (exact) mass is 436 g/mol. The Hall–Kier alpha value is -3.54. The van der Waals surface area contributed by atoms with Gasteiger partial charge in [0.2, 0.25) is 0 Å². The van der Waals surface area contributed by atoms with Crippen LogP contribution >= 0.6 is 0 Å². The molecule has 0 saturated heterocycles. The Morgan fingerprint density at radius 1 is 0.906 bits per heavy atom. The second kappa shape index (κ2) is 6.73. The Bertz CT molecular complexity index is 1320. The zero-order chi connectivity index (χ0) is 22.8. The van der Waals surface area contributed by atoms with Gasteiger partial charge in [-0.05, 0) is 51.6 Å². The number of hydrogen-bond acceptors (Lipinski definition) is 3. The fraction of sp³-hybridized carbons (Fsp3) is 0.192. The number of carbonyl (C=O) groups excluding carboxylic acids is 1.